The van der Waals surface area contributed by atoms with Crippen molar-refractivity contribution in [1.29, 1.82) is 0 Å². The molecule has 0 fully saturated rings. The molecule has 0 aromatic carbocycles. The van der Waals surface area contributed by atoms with Crippen LogP contribution in [0.5, 0.6) is 0 Å². The zero-order valence-electron chi connectivity index (χ0n) is 19.2. The number of carboxylic acid groups (broad SMARTS) is 1. The van der Waals surface area contributed by atoms with Gasteiger partial charge in [-0.1, -0.05) is 14.4 Å². The van der Waals surface area contributed by atoms with E-state index >= 15 is 0 Å². The molecule has 2 aromatic rings. The van der Waals surface area contributed by atoms with Crippen molar-refractivity contribution in [3.63, 3.8) is 0 Å². The third-order valence-electron chi connectivity index (χ3n) is 2.66. The molecule has 0 saturated heterocycles. The lowest BCUT2D eigenvalue weighted by Crippen LogP contribution is -2.43. The van der Waals surface area contributed by atoms with E-state index < -0.39 is 5.97 Å². The monoisotopic (exact) mass is 507 g/mol. The van der Waals surface area contributed by atoms with Crippen LogP contribution in [0.3, 0.4) is 0 Å². The van der Waals surface area contributed by atoms with Crippen molar-refractivity contribution in [3.05, 3.63) is 20.0 Å². The molecule has 0 aliphatic rings. The number of amides is 2. The number of nitrogens with one attached hydrogen (secondary N) is 4. The molecular weight excluding hydrogens is 470 g/mol. The lowest BCUT2D eigenvalue weighted by Gasteiger charge is -2.02. The number of hydrogen-bond acceptors (Lipinski definition) is 12. The zero-order chi connectivity index (χ0) is 24.9. The number of rotatable bonds is 6. The molecule has 0 unspecified atom stereocenters. The van der Waals surface area contributed by atoms with Crippen LogP contribution in [0.15, 0.2) is 0 Å². The number of nitrogens with two attached hydrogens (primary N) is 1. The van der Waals surface area contributed by atoms with E-state index in [9.17, 15) is 14.4 Å². The summed E-state index contributed by atoms with van der Waals surface area (Å²) in [6.45, 7) is 8.03. The minimum atomic E-state index is -0.822. The van der Waals surface area contributed by atoms with Crippen LogP contribution in [-0.2, 0) is 27.3 Å². The van der Waals surface area contributed by atoms with E-state index in [4.69, 9.17) is 10.8 Å². The van der Waals surface area contributed by atoms with Crippen LogP contribution in [0.1, 0.15) is 41.3 Å². The average molecular weight is 508 g/mol. The van der Waals surface area contributed by atoms with Crippen molar-refractivity contribution in [2.24, 2.45) is 5.73 Å². The van der Waals surface area contributed by atoms with Gasteiger partial charge in [0.2, 0.25) is 5.91 Å². The number of carbonyl (C=O) groups is 3. The lowest BCUT2D eigenvalue weighted by molar-refractivity contribution is -0.135. The Kier molecular flexibility index (Phi) is 24.0. The van der Waals surface area contributed by atoms with E-state index in [-0.39, 0.29) is 32.3 Å². The molecule has 2 amide bonds. The summed E-state index contributed by atoms with van der Waals surface area (Å²) < 4.78 is 0. The molecule has 0 aliphatic heterocycles. The molecular formula is C18H37N9O4S2. The van der Waals surface area contributed by atoms with Gasteiger partial charge in [0.25, 0.3) is 5.91 Å². The van der Waals surface area contributed by atoms with Crippen LogP contribution in [0.2, 0.25) is 0 Å². The third kappa shape index (κ3) is 23.9. The van der Waals surface area contributed by atoms with E-state index in [1.165, 1.54) is 6.92 Å². The Balaban J connectivity index is -0.000000365. The van der Waals surface area contributed by atoms with Crippen molar-refractivity contribution in [2.45, 2.75) is 48.1 Å². The first-order valence-electron chi connectivity index (χ1n) is 9.43. The number of aryl methyl sites for hydroxylation is 3. The molecule has 190 valence electrons. The highest BCUT2D eigenvalue weighted by molar-refractivity contribution is 7.11. The molecule has 0 spiro atoms. The van der Waals surface area contributed by atoms with Gasteiger partial charge >= 0.3 is 5.97 Å². The molecule has 0 aliphatic carbocycles. The Labute approximate surface area is 203 Å². The van der Waals surface area contributed by atoms with Gasteiger partial charge in [-0.05, 0) is 34.4 Å². The van der Waals surface area contributed by atoms with E-state index in [1.54, 1.807) is 36.8 Å². The molecule has 2 rings (SSSR count). The van der Waals surface area contributed by atoms with Gasteiger partial charge in [0, 0.05) is 13.5 Å². The molecule has 13 nitrogen and oxygen atoms in total. The highest BCUT2D eigenvalue weighted by atomic mass is 32.1. The van der Waals surface area contributed by atoms with Crippen molar-refractivity contribution in [1.82, 2.24) is 41.9 Å². The molecule has 7 N–H and O–H groups in total. The van der Waals surface area contributed by atoms with E-state index in [0.717, 1.165) is 26.5 Å². The fraction of sp³-hybridized carbons (Fsp3) is 0.611. The molecule has 0 radical (unpaired) electrons. The number of nitrogens with zero attached hydrogens (tertiary/aromatic N) is 4. The van der Waals surface area contributed by atoms with Gasteiger partial charge in [0.1, 0.15) is 20.0 Å². The van der Waals surface area contributed by atoms with Gasteiger partial charge in [-0.25, -0.2) is 0 Å². The molecule has 0 atom stereocenters. The number of aromatic nitrogens is 4. The summed E-state index contributed by atoms with van der Waals surface area (Å²) in [5.41, 5.74) is 9.60. The number of carbonyl (C=O) groups excluding carboxylic acids is 2. The molecule has 15 heteroatoms. The Bertz CT molecular complexity index is 744. The molecule has 2 heterocycles. The molecule has 33 heavy (non-hydrogen) atoms. The Morgan fingerprint density at radius 3 is 1.61 bits per heavy atom. The van der Waals surface area contributed by atoms with E-state index in [0.29, 0.717) is 6.54 Å². The van der Waals surface area contributed by atoms with Crippen LogP contribution < -0.4 is 27.2 Å². The van der Waals surface area contributed by atoms with Gasteiger partial charge in [0.05, 0.1) is 13.1 Å². The summed E-state index contributed by atoms with van der Waals surface area (Å²) in [6.07, 6.45) is 1.01. The largest absolute Gasteiger partial charge is 0.480 e. The zero-order valence-corrected chi connectivity index (χ0v) is 20.8. The fourth-order valence-corrected chi connectivity index (χ4v) is 2.65. The third-order valence-corrected chi connectivity index (χ3v) is 4.50. The summed E-state index contributed by atoms with van der Waals surface area (Å²) in [5.74, 6) is -1.38. The van der Waals surface area contributed by atoms with Crippen LogP contribution in [0, 0.1) is 13.8 Å². The molecule has 0 bridgehead atoms. The standard InChI is InChI=1S/C5H11N3O2.C5H8N2S.C4H7N3S.C3H7NO2.CH4/c1-4(9)7-8-5(10)3-6-2;1-3-5-7-6-4(2)8-5;1-3-6-7-4(2-5)8-3;1-4-2-3(5)6;/h6H,3H2,1-2H3,(H,7,9)(H,8,10);3H2,1-2H3;2,5H2,1H3;4H,2H2,1H3,(H,5,6);1H4. The summed E-state index contributed by atoms with van der Waals surface area (Å²) in [5, 5.41) is 32.3. The maximum absolute atomic E-state index is 10.6. The van der Waals surface area contributed by atoms with Crippen LogP contribution in [-0.4, -0.2) is 70.5 Å². The summed E-state index contributed by atoms with van der Waals surface area (Å²) in [7, 11) is 3.24. The topological polar surface area (TPSA) is 197 Å². The number of carboxylic acids is 1. The number of likely N-dealkylation sites (N-methyl/N-ethyl adjacent to an activating group) is 2. The highest BCUT2D eigenvalue weighted by Gasteiger charge is 1.97. The van der Waals surface area contributed by atoms with Gasteiger partial charge in [-0.2, -0.15) is 0 Å². The number of hydrogen-bond donors (Lipinski definition) is 6. The Hall–Kier alpha value is -2.59. The summed E-state index contributed by atoms with van der Waals surface area (Å²) in [4.78, 5) is 30.3. The van der Waals surface area contributed by atoms with Crippen molar-refractivity contribution in [3.8, 4) is 0 Å². The molecule has 0 saturated carbocycles. The van der Waals surface area contributed by atoms with Crippen LogP contribution in [0.4, 0.5) is 0 Å². The maximum Gasteiger partial charge on any atom is 0.317 e. The first kappa shape index (κ1) is 35.0. The predicted molar refractivity (Wildman–Crippen MR) is 131 cm³/mol. The first-order chi connectivity index (χ1) is 15.1. The van der Waals surface area contributed by atoms with Crippen molar-refractivity contribution < 1.29 is 19.5 Å². The highest BCUT2D eigenvalue weighted by Crippen LogP contribution is 2.07. The number of aliphatic carboxylic acids is 1. The minimum Gasteiger partial charge on any atom is -0.480 e. The smallest absolute Gasteiger partial charge is 0.317 e. The average Bonchev–Trinajstić information content (AvgIpc) is 3.35. The maximum atomic E-state index is 10.6. The normalized spacial score (nSPS) is 8.82. The quantitative estimate of drug-likeness (QED) is 0.288. The van der Waals surface area contributed by atoms with Crippen molar-refractivity contribution >= 4 is 40.5 Å². The van der Waals surface area contributed by atoms with Gasteiger partial charge in [-0.3, -0.25) is 25.2 Å². The number of hydrazine groups is 1. The van der Waals surface area contributed by atoms with Gasteiger partial charge in [-0.15, -0.1) is 43.1 Å². The van der Waals surface area contributed by atoms with Gasteiger partial charge in [0.15, 0.2) is 0 Å². The second-order valence-corrected chi connectivity index (χ2v) is 8.20. The fourth-order valence-electron chi connectivity index (χ4n) is 1.41. The van der Waals surface area contributed by atoms with Crippen LogP contribution in [0.25, 0.3) is 0 Å². The Morgan fingerprint density at radius 1 is 0.909 bits per heavy atom. The van der Waals surface area contributed by atoms with Crippen molar-refractivity contribution in [2.75, 3.05) is 27.2 Å². The first-order valence-corrected chi connectivity index (χ1v) is 11.1. The Morgan fingerprint density at radius 2 is 1.39 bits per heavy atom. The van der Waals surface area contributed by atoms with Crippen LogP contribution >= 0.6 is 22.7 Å². The molecule has 2 aromatic heterocycles. The van der Waals surface area contributed by atoms with Gasteiger partial charge < -0.3 is 21.5 Å². The summed E-state index contributed by atoms with van der Waals surface area (Å²) >= 11 is 3.21. The predicted octanol–water partition coefficient (Wildman–Crippen LogP) is 0.0137. The SMILES string of the molecule is C.CCc1nnc(C)s1.CNCC(=O)NNC(C)=O.CNCC(=O)O.Cc1nnc(CN)s1. The lowest BCUT2D eigenvalue weighted by atomic mass is 10.5. The van der Waals surface area contributed by atoms with E-state index in [1.807, 2.05) is 13.8 Å². The van der Waals surface area contributed by atoms with E-state index in [2.05, 4.69) is 48.8 Å². The second kappa shape index (κ2) is 22.6. The summed E-state index contributed by atoms with van der Waals surface area (Å²) in [6, 6.07) is 0. The second-order valence-electron chi connectivity index (χ2n) is 5.67. The minimum absolute atomic E-state index is 0.